The van der Waals surface area contributed by atoms with E-state index in [1.807, 2.05) is 42.5 Å². The molecule has 2 aromatic carbocycles. The topological polar surface area (TPSA) is 69.3 Å². The second-order valence-electron chi connectivity index (χ2n) is 5.65. The lowest BCUT2D eigenvalue weighted by atomic mass is 10.1. The molecule has 0 aliphatic rings. The number of aromatic nitrogens is 1. The maximum Gasteiger partial charge on any atom is 0.221 e. The van der Waals surface area contributed by atoms with Gasteiger partial charge >= 0.3 is 0 Å². The van der Waals surface area contributed by atoms with Gasteiger partial charge in [-0.15, -0.1) is 0 Å². The Kier molecular flexibility index (Phi) is 4.16. The third kappa shape index (κ3) is 2.69. The first kappa shape index (κ1) is 15.9. The Morgan fingerprint density at radius 2 is 1.92 bits per heavy atom. The molecule has 5 heteroatoms. The van der Waals surface area contributed by atoms with Gasteiger partial charge in [-0.2, -0.15) is 0 Å². The van der Waals surface area contributed by atoms with Gasteiger partial charge < -0.3 is 20.4 Å². The Morgan fingerprint density at radius 1 is 1.21 bits per heavy atom. The first-order chi connectivity index (χ1) is 11.5. The van der Waals surface area contributed by atoms with Crippen LogP contribution in [0.2, 0.25) is 0 Å². The van der Waals surface area contributed by atoms with Crippen LogP contribution in [0.15, 0.2) is 42.5 Å². The number of nitrogen functional groups attached to an aromatic ring is 1. The Morgan fingerprint density at radius 3 is 2.50 bits per heavy atom. The first-order valence-electron chi connectivity index (χ1n) is 7.89. The lowest BCUT2D eigenvalue weighted by molar-refractivity contribution is -0.114. The van der Waals surface area contributed by atoms with E-state index in [1.165, 1.54) is 6.92 Å². The standard InChI is InChI=1S/C19H21N3O2/c1-4-22-17-10-9-15(24-3)11-16(17)18(20)19(22)13-5-7-14(8-6-13)21-12(2)23/h5-11H,4,20H2,1-3H3,(H,21,23). The highest BCUT2D eigenvalue weighted by Gasteiger charge is 2.16. The minimum absolute atomic E-state index is 0.0861. The summed E-state index contributed by atoms with van der Waals surface area (Å²) in [6, 6.07) is 13.6. The molecule has 1 heterocycles. The molecule has 5 nitrogen and oxygen atoms in total. The number of hydrogen-bond donors (Lipinski definition) is 2. The van der Waals surface area contributed by atoms with E-state index < -0.39 is 0 Å². The van der Waals surface area contributed by atoms with Gasteiger partial charge in [0, 0.05) is 30.1 Å². The lowest BCUT2D eigenvalue weighted by Gasteiger charge is -2.10. The summed E-state index contributed by atoms with van der Waals surface area (Å²) in [7, 11) is 1.65. The number of rotatable bonds is 4. The molecule has 0 fully saturated rings. The Labute approximate surface area is 141 Å². The molecule has 3 N–H and O–H groups in total. The normalized spacial score (nSPS) is 10.8. The number of benzene rings is 2. The van der Waals surface area contributed by atoms with Gasteiger partial charge in [-0.05, 0) is 37.3 Å². The monoisotopic (exact) mass is 323 g/mol. The van der Waals surface area contributed by atoms with Crippen LogP contribution in [0.3, 0.4) is 0 Å². The van der Waals surface area contributed by atoms with Crippen LogP contribution in [0.5, 0.6) is 5.75 Å². The second-order valence-corrected chi connectivity index (χ2v) is 5.65. The zero-order chi connectivity index (χ0) is 17.3. The van der Waals surface area contributed by atoms with Crippen LogP contribution in [0.1, 0.15) is 13.8 Å². The molecule has 0 bridgehead atoms. The third-order valence-electron chi connectivity index (χ3n) is 4.10. The van der Waals surface area contributed by atoms with E-state index in [0.29, 0.717) is 0 Å². The molecule has 0 saturated carbocycles. The van der Waals surface area contributed by atoms with Crippen LogP contribution < -0.4 is 15.8 Å². The summed E-state index contributed by atoms with van der Waals surface area (Å²) in [5.41, 5.74) is 11.0. The molecule has 0 radical (unpaired) electrons. The van der Waals surface area contributed by atoms with Crippen molar-refractivity contribution in [1.29, 1.82) is 0 Å². The minimum atomic E-state index is -0.0861. The number of hydrogen-bond acceptors (Lipinski definition) is 3. The van der Waals surface area contributed by atoms with Crippen molar-refractivity contribution in [2.45, 2.75) is 20.4 Å². The number of anilines is 2. The average Bonchev–Trinajstić information content (AvgIpc) is 2.86. The number of nitrogens with two attached hydrogens (primary N) is 1. The van der Waals surface area contributed by atoms with Gasteiger partial charge in [0.25, 0.3) is 0 Å². The van der Waals surface area contributed by atoms with Crippen molar-refractivity contribution in [1.82, 2.24) is 4.57 Å². The molecule has 1 aromatic heterocycles. The number of fused-ring (bicyclic) bond motifs is 1. The van der Waals surface area contributed by atoms with Crippen LogP contribution >= 0.6 is 0 Å². The highest BCUT2D eigenvalue weighted by molar-refractivity contribution is 6.01. The van der Waals surface area contributed by atoms with Crippen molar-refractivity contribution < 1.29 is 9.53 Å². The molecule has 0 unspecified atom stereocenters. The van der Waals surface area contributed by atoms with Crippen molar-refractivity contribution >= 4 is 28.2 Å². The maximum absolute atomic E-state index is 11.2. The van der Waals surface area contributed by atoms with Gasteiger partial charge in [-0.3, -0.25) is 4.79 Å². The number of carbonyl (C=O) groups excluding carboxylic acids is 1. The summed E-state index contributed by atoms with van der Waals surface area (Å²) < 4.78 is 7.51. The molecule has 0 aliphatic heterocycles. The second kappa shape index (κ2) is 6.28. The van der Waals surface area contributed by atoms with Gasteiger partial charge in [0.05, 0.1) is 24.0 Å². The Balaban J connectivity index is 2.14. The van der Waals surface area contributed by atoms with Gasteiger partial charge in [0.15, 0.2) is 0 Å². The van der Waals surface area contributed by atoms with Gasteiger partial charge in [-0.25, -0.2) is 0 Å². The van der Waals surface area contributed by atoms with E-state index in [1.54, 1.807) is 7.11 Å². The summed E-state index contributed by atoms with van der Waals surface area (Å²) in [5, 5.41) is 3.76. The number of ether oxygens (including phenoxy) is 1. The molecule has 0 atom stereocenters. The maximum atomic E-state index is 11.2. The number of methoxy groups -OCH3 is 1. The molecule has 24 heavy (non-hydrogen) atoms. The molecule has 1 amide bonds. The van der Waals surface area contributed by atoms with Crippen molar-refractivity contribution in [3.63, 3.8) is 0 Å². The lowest BCUT2D eigenvalue weighted by Crippen LogP contribution is -2.05. The molecule has 3 aromatic rings. The van der Waals surface area contributed by atoms with E-state index in [-0.39, 0.29) is 5.91 Å². The Hall–Kier alpha value is -2.95. The zero-order valence-corrected chi connectivity index (χ0v) is 14.1. The molecule has 3 rings (SSSR count). The van der Waals surface area contributed by atoms with E-state index in [0.717, 1.165) is 45.8 Å². The van der Waals surface area contributed by atoms with Crippen molar-refractivity contribution in [3.8, 4) is 17.0 Å². The van der Waals surface area contributed by atoms with Crippen LogP contribution in [0.25, 0.3) is 22.2 Å². The third-order valence-corrected chi connectivity index (χ3v) is 4.10. The van der Waals surface area contributed by atoms with E-state index in [9.17, 15) is 4.79 Å². The molecule has 0 saturated heterocycles. The summed E-state index contributed by atoms with van der Waals surface area (Å²) in [4.78, 5) is 11.2. The molecular weight excluding hydrogens is 302 g/mol. The number of carbonyl (C=O) groups is 1. The quantitative estimate of drug-likeness (QED) is 0.765. The fourth-order valence-corrected chi connectivity index (χ4v) is 3.04. The summed E-state index contributed by atoms with van der Waals surface area (Å²) in [5.74, 6) is 0.701. The van der Waals surface area contributed by atoms with Gasteiger partial charge in [-0.1, -0.05) is 12.1 Å². The number of aryl methyl sites for hydroxylation is 1. The summed E-state index contributed by atoms with van der Waals surface area (Å²) in [6.45, 7) is 4.40. The summed E-state index contributed by atoms with van der Waals surface area (Å²) >= 11 is 0. The minimum Gasteiger partial charge on any atom is -0.497 e. The van der Waals surface area contributed by atoms with E-state index >= 15 is 0 Å². The predicted octanol–water partition coefficient (Wildman–Crippen LogP) is 3.88. The molecule has 0 spiro atoms. The van der Waals surface area contributed by atoms with Crippen LogP contribution in [-0.4, -0.2) is 17.6 Å². The SMILES string of the molecule is CCn1c(-c2ccc(NC(C)=O)cc2)c(N)c2cc(OC)ccc21. The summed E-state index contributed by atoms with van der Waals surface area (Å²) in [6.07, 6.45) is 0. The fraction of sp³-hybridized carbons (Fsp3) is 0.211. The molecule has 0 aliphatic carbocycles. The van der Waals surface area contributed by atoms with Gasteiger partial charge in [0.2, 0.25) is 5.91 Å². The number of amides is 1. The smallest absolute Gasteiger partial charge is 0.221 e. The van der Waals surface area contributed by atoms with Crippen molar-refractivity contribution in [3.05, 3.63) is 42.5 Å². The van der Waals surface area contributed by atoms with Crippen molar-refractivity contribution in [2.24, 2.45) is 0 Å². The number of nitrogens with one attached hydrogen (secondary N) is 1. The average molecular weight is 323 g/mol. The van der Waals surface area contributed by atoms with E-state index in [4.69, 9.17) is 10.5 Å². The molecular formula is C19H21N3O2. The largest absolute Gasteiger partial charge is 0.497 e. The van der Waals surface area contributed by atoms with Crippen LogP contribution in [0.4, 0.5) is 11.4 Å². The first-order valence-corrected chi connectivity index (χ1v) is 7.89. The molecule has 124 valence electrons. The predicted molar refractivity (Wildman–Crippen MR) is 98.3 cm³/mol. The highest BCUT2D eigenvalue weighted by atomic mass is 16.5. The van der Waals surface area contributed by atoms with Crippen LogP contribution in [0, 0.1) is 0 Å². The number of nitrogens with zero attached hydrogens (tertiary/aromatic N) is 1. The zero-order valence-electron chi connectivity index (χ0n) is 14.1. The fourth-order valence-electron chi connectivity index (χ4n) is 3.04. The van der Waals surface area contributed by atoms with E-state index in [2.05, 4.69) is 16.8 Å². The Bertz CT molecular complexity index is 895. The highest BCUT2D eigenvalue weighted by Crippen LogP contribution is 2.38. The van der Waals surface area contributed by atoms with Crippen molar-refractivity contribution in [2.75, 3.05) is 18.2 Å². The van der Waals surface area contributed by atoms with Crippen LogP contribution in [-0.2, 0) is 11.3 Å². The van der Waals surface area contributed by atoms with Gasteiger partial charge in [0.1, 0.15) is 5.75 Å².